The van der Waals surface area contributed by atoms with Crippen molar-refractivity contribution >= 4 is 0 Å². The summed E-state index contributed by atoms with van der Waals surface area (Å²) < 4.78 is 19.1. The van der Waals surface area contributed by atoms with Crippen molar-refractivity contribution in [2.45, 2.75) is 25.8 Å². The van der Waals surface area contributed by atoms with E-state index in [0.29, 0.717) is 24.3 Å². The van der Waals surface area contributed by atoms with Crippen LogP contribution in [0.25, 0.3) is 0 Å². The Kier molecular flexibility index (Phi) is 5.07. The number of ether oxygens (including phenoxy) is 1. The molecule has 0 saturated carbocycles. The van der Waals surface area contributed by atoms with Gasteiger partial charge in [0.2, 0.25) is 0 Å². The summed E-state index contributed by atoms with van der Waals surface area (Å²) in [5.74, 6) is 0.475. The van der Waals surface area contributed by atoms with Gasteiger partial charge in [0.15, 0.2) is 0 Å². The van der Waals surface area contributed by atoms with E-state index < -0.39 is 0 Å². The van der Waals surface area contributed by atoms with E-state index in [1.54, 1.807) is 24.5 Å². The molecule has 0 aliphatic rings. The van der Waals surface area contributed by atoms with Gasteiger partial charge in [0.05, 0.1) is 12.8 Å². The average Bonchev–Trinajstić information content (AvgIpc) is 2.48. The fraction of sp³-hybridized carbons (Fsp3) is 0.312. The number of hydrogen-bond donors (Lipinski definition) is 1. The van der Waals surface area contributed by atoms with Crippen LogP contribution >= 0.6 is 0 Å². The third-order valence-electron chi connectivity index (χ3n) is 3.03. The van der Waals surface area contributed by atoms with Gasteiger partial charge in [-0.05, 0) is 36.1 Å². The van der Waals surface area contributed by atoms with E-state index in [4.69, 9.17) is 10.5 Å². The van der Waals surface area contributed by atoms with Crippen LogP contribution in [0, 0.1) is 5.82 Å². The Morgan fingerprint density at radius 1 is 1.30 bits per heavy atom. The molecule has 0 fully saturated rings. The molecule has 1 aromatic carbocycles. The summed E-state index contributed by atoms with van der Waals surface area (Å²) in [6.45, 7) is 2.69. The van der Waals surface area contributed by atoms with Crippen LogP contribution < -0.4 is 10.5 Å². The minimum atomic E-state index is -0.301. The Morgan fingerprint density at radius 3 is 2.85 bits per heavy atom. The molecule has 0 spiro atoms. The third-order valence-corrected chi connectivity index (χ3v) is 3.03. The van der Waals surface area contributed by atoms with Crippen molar-refractivity contribution in [3.8, 4) is 5.75 Å². The Labute approximate surface area is 118 Å². The zero-order valence-corrected chi connectivity index (χ0v) is 11.6. The van der Waals surface area contributed by atoms with Gasteiger partial charge in [0.25, 0.3) is 0 Å². The Morgan fingerprint density at radius 2 is 2.10 bits per heavy atom. The van der Waals surface area contributed by atoms with Gasteiger partial charge in [-0.2, -0.15) is 0 Å². The molecule has 0 radical (unpaired) electrons. The Balaban J connectivity index is 2.09. The minimum Gasteiger partial charge on any atom is -0.492 e. The number of pyridine rings is 1. The summed E-state index contributed by atoms with van der Waals surface area (Å²) in [6, 6.07) is 8.24. The van der Waals surface area contributed by atoms with Crippen LogP contribution in [-0.4, -0.2) is 11.6 Å². The first-order valence-corrected chi connectivity index (χ1v) is 6.77. The zero-order valence-electron chi connectivity index (χ0n) is 11.6. The number of nitrogens with zero attached hydrogens (tertiary/aromatic N) is 1. The van der Waals surface area contributed by atoms with E-state index in [-0.39, 0.29) is 11.9 Å². The molecule has 3 nitrogen and oxygen atoms in total. The third kappa shape index (κ3) is 3.78. The second-order valence-electron chi connectivity index (χ2n) is 4.70. The quantitative estimate of drug-likeness (QED) is 0.879. The molecule has 20 heavy (non-hydrogen) atoms. The van der Waals surface area contributed by atoms with Crippen molar-refractivity contribution in [2.24, 2.45) is 5.73 Å². The molecule has 2 rings (SSSR count). The van der Waals surface area contributed by atoms with Crippen LogP contribution in [0.15, 0.2) is 42.7 Å². The lowest BCUT2D eigenvalue weighted by Crippen LogP contribution is -2.14. The lowest BCUT2D eigenvalue weighted by Gasteiger charge is -2.13. The summed E-state index contributed by atoms with van der Waals surface area (Å²) in [5.41, 5.74) is 7.59. The second-order valence-corrected chi connectivity index (χ2v) is 4.70. The van der Waals surface area contributed by atoms with Gasteiger partial charge in [0.1, 0.15) is 11.6 Å². The molecule has 0 aliphatic heterocycles. The van der Waals surface area contributed by atoms with Crippen molar-refractivity contribution in [3.05, 3.63) is 59.7 Å². The van der Waals surface area contributed by atoms with E-state index in [9.17, 15) is 4.39 Å². The van der Waals surface area contributed by atoms with Crippen molar-refractivity contribution in [2.75, 3.05) is 6.61 Å². The molecule has 1 aromatic heterocycles. The van der Waals surface area contributed by atoms with E-state index >= 15 is 0 Å². The highest BCUT2D eigenvalue weighted by Gasteiger charge is 2.11. The Bertz CT molecular complexity index is 560. The largest absolute Gasteiger partial charge is 0.492 e. The van der Waals surface area contributed by atoms with Crippen LogP contribution in [0.5, 0.6) is 5.75 Å². The lowest BCUT2D eigenvalue weighted by molar-refractivity contribution is 0.315. The number of nitrogens with two attached hydrogens (primary N) is 1. The fourth-order valence-electron chi connectivity index (χ4n) is 1.96. The van der Waals surface area contributed by atoms with Crippen molar-refractivity contribution in [1.82, 2.24) is 4.98 Å². The van der Waals surface area contributed by atoms with Gasteiger partial charge in [0, 0.05) is 12.2 Å². The predicted octanol–water partition coefficient (Wildman–Crippen LogP) is 3.25. The molecular weight excluding hydrogens is 255 g/mol. The van der Waals surface area contributed by atoms with Gasteiger partial charge in [-0.15, -0.1) is 0 Å². The Hall–Kier alpha value is -1.94. The van der Waals surface area contributed by atoms with Crippen molar-refractivity contribution in [3.63, 3.8) is 0 Å². The molecule has 0 saturated heterocycles. The summed E-state index contributed by atoms with van der Waals surface area (Å²) in [7, 11) is 0. The lowest BCUT2D eigenvalue weighted by atomic mass is 10.0. The molecule has 1 atom stereocenters. The maximum atomic E-state index is 13.6. The van der Waals surface area contributed by atoms with E-state index in [1.165, 1.54) is 6.07 Å². The van der Waals surface area contributed by atoms with E-state index in [2.05, 4.69) is 4.98 Å². The number of aromatic nitrogens is 1. The van der Waals surface area contributed by atoms with Crippen LogP contribution in [-0.2, 0) is 6.42 Å². The molecule has 2 N–H and O–H groups in total. The first-order chi connectivity index (χ1) is 9.70. The maximum absolute atomic E-state index is 13.6. The molecular formula is C16H19FN2O. The van der Waals surface area contributed by atoms with E-state index in [0.717, 1.165) is 12.0 Å². The first-order valence-electron chi connectivity index (χ1n) is 6.77. The number of halogens is 1. The number of hydrogen-bond acceptors (Lipinski definition) is 3. The molecule has 0 bridgehead atoms. The van der Waals surface area contributed by atoms with Crippen molar-refractivity contribution < 1.29 is 9.13 Å². The maximum Gasteiger partial charge on any atom is 0.137 e. The van der Waals surface area contributed by atoms with Gasteiger partial charge < -0.3 is 10.5 Å². The molecule has 0 amide bonds. The topological polar surface area (TPSA) is 48.1 Å². The molecule has 106 valence electrons. The van der Waals surface area contributed by atoms with E-state index in [1.807, 2.05) is 19.1 Å². The summed E-state index contributed by atoms with van der Waals surface area (Å²) in [5, 5.41) is 0. The first kappa shape index (κ1) is 14.5. The van der Waals surface area contributed by atoms with Gasteiger partial charge in [-0.3, -0.25) is 4.98 Å². The molecule has 0 aliphatic carbocycles. The minimum absolute atomic E-state index is 0.228. The smallest absolute Gasteiger partial charge is 0.137 e. The monoisotopic (exact) mass is 274 g/mol. The molecule has 2 aromatic rings. The molecule has 1 heterocycles. The fourth-order valence-corrected chi connectivity index (χ4v) is 1.96. The summed E-state index contributed by atoms with van der Waals surface area (Å²) in [4.78, 5) is 4.12. The highest BCUT2D eigenvalue weighted by Crippen LogP contribution is 2.21. The highest BCUT2D eigenvalue weighted by molar-refractivity contribution is 5.28. The predicted molar refractivity (Wildman–Crippen MR) is 77.1 cm³/mol. The summed E-state index contributed by atoms with van der Waals surface area (Å²) in [6.07, 6.45) is 4.73. The standard InChI is InChI=1S/C16H19FN2O/c1-2-7-20-14-8-13(10-19-11-14)16(18)9-12-5-3-4-6-15(12)17/h3-6,8,10-11,16H,2,7,9,18H2,1H3. The zero-order chi connectivity index (χ0) is 14.4. The average molecular weight is 274 g/mol. The second kappa shape index (κ2) is 7.01. The normalized spacial score (nSPS) is 12.2. The van der Waals surface area contributed by atoms with Crippen molar-refractivity contribution in [1.29, 1.82) is 0 Å². The van der Waals surface area contributed by atoms with Gasteiger partial charge in [-0.1, -0.05) is 25.1 Å². The SMILES string of the molecule is CCCOc1cncc(C(N)Cc2ccccc2F)c1. The highest BCUT2D eigenvalue weighted by atomic mass is 19.1. The van der Waals surface area contributed by atoms with Crippen LogP contribution in [0.4, 0.5) is 4.39 Å². The molecule has 4 heteroatoms. The number of benzene rings is 1. The van der Waals surface area contributed by atoms with Gasteiger partial charge >= 0.3 is 0 Å². The number of rotatable bonds is 6. The molecule has 1 unspecified atom stereocenters. The van der Waals surface area contributed by atoms with Crippen LogP contribution in [0.3, 0.4) is 0 Å². The summed E-state index contributed by atoms with van der Waals surface area (Å²) >= 11 is 0. The van der Waals surface area contributed by atoms with Crippen LogP contribution in [0.2, 0.25) is 0 Å². The van der Waals surface area contributed by atoms with Crippen LogP contribution in [0.1, 0.15) is 30.5 Å². The van der Waals surface area contributed by atoms with Gasteiger partial charge in [-0.25, -0.2) is 4.39 Å².